The van der Waals surface area contributed by atoms with E-state index in [1.165, 1.54) is 11.8 Å². The number of hydrogen-bond donors (Lipinski definition) is 1. The zero-order chi connectivity index (χ0) is 19.3. The summed E-state index contributed by atoms with van der Waals surface area (Å²) in [6, 6.07) is 7.55. The normalized spacial score (nSPS) is 16.9. The number of carbonyl (C=O) groups is 2. The topological polar surface area (TPSA) is 58.6 Å². The number of likely N-dealkylation sites (tertiary alicyclic amines) is 1. The Kier molecular flexibility index (Phi) is 7.24. The van der Waals surface area contributed by atoms with E-state index in [1.807, 2.05) is 56.9 Å². The summed E-state index contributed by atoms with van der Waals surface area (Å²) in [4.78, 5) is 27.4. The lowest BCUT2D eigenvalue weighted by atomic mass is 10.0. The van der Waals surface area contributed by atoms with Crippen molar-refractivity contribution >= 4 is 35.4 Å². The van der Waals surface area contributed by atoms with Gasteiger partial charge in [0.05, 0.1) is 5.25 Å². The third-order valence-electron chi connectivity index (χ3n) is 4.00. The number of piperidine rings is 1. The average Bonchev–Trinajstić information content (AvgIpc) is 2.55. The lowest BCUT2D eigenvalue weighted by molar-refractivity contribution is -0.131. The number of halogens is 1. The quantitative estimate of drug-likeness (QED) is 0.766. The Labute approximate surface area is 164 Å². The van der Waals surface area contributed by atoms with E-state index in [4.69, 9.17) is 16.3 Å². The molecular weight excluding hydrogens is 372 g/mol. The first-order valence-corrected chi connectivity index (χ1v) is 10.1. The molecular formula is C19H27ClN2O3S. The van der Waals surface area contributed by atoms with Gasteiger partial charge in [0.15, 0.2) is 0 Å². The van der Waals surface area contributed by atoms with Crippen molar-refractivity contribution in [2.45, 2.75) is 62.3 Å². The number of rotatable bonds is 4. The molecule has 144 valence electrons. The molecule has 0 saturated carbocycles. The summed E-state index contributed by atoms with van der Waals surface area (Å²) in [5, 5.41) is 3.42. The van der Waals surface area contributed by atoms with Gasteiger partial charge >= 0.3 is 6.09 Å². The van der Waals surface area contributed by atoms with Crippen LogP contribution in [0.1, 0.15) is 40.5 Å². The second kappa shape index (κ2) is 9.00. The number of hydrogen-bond acceptors (Lipinski definition) is 4. The van der Waals surface area contributed by atoms with Gasteiger partial charge in [-0.05, 0) is 64.8 Å². The fraction of sp³-hybridized carbons (Fsp3) is 0.579. The van der Waals surface area contributed by atoms with Crippen LogP contribution in [0.5, 0.6) is 0 Å². The van der Waals surface area contributed by atoms with E-state index in [0.29, 0.717) is 18.1 Å². The van der Waals surface area contributed by atoms with Crippen molar-refractivity contribution in [1.29, 1.82) is 0 Å². The van der Waals surface area contributed by atoms with Crippen molar-refractivity contribution in [2.75, 3.05) is 13.1 Å². The lowest BCUT2D eigenvalue weighted by Crippen LogP contribution is -2.49. The number of amides is 2. The molecule has 1 saturated heterocycles. The van der Waals surface area contributed by atoms with Crippen LogP contribution >= 0.6 is 23.4 Å². The van der Waals surface area contributed by atoms with Gasteiger partial charge in [-0.1, -0.05) is 11.6 Å². The summed E-state index contributed by atoms with van der Waals surface area (Å²) in [7, 11) is 0. The first-order valence-electron chi connectivity index (χ1n) is 8.84. The van der Waals surface area contributed by atoms with Gasteiger partial charge in [0.25, 0.3) is 0 Å². The molecule has 0 bridgehead atoms. The Balaban J connectivity index is 1.78. The summed E-state index contributed by atoms with van der Waals surface area (Å²) >= 11 is 7.43. The van der Waals surface area contributed by atoms with Gasteiger partial charge in [-0.25, -0.2) is 4.79 Å². The van der Waals surface area contributed by atoms with Gasteiger partial charge < -0.3 is 15.0 Å². The number of ether oxygens (including phenoxy) is 1. The van der Waals surface area contributed by atoms with Crippen LogP contribution in [-0.4, -0.2) is 46.9 Å². The standard InChI is InChI=1S/C19H27ClN2O3S/c1-13(26-16-7-5-14(20)6-8-16)17(23)22-11-9-15(10-12-22)21-18(24)25-19(2,3)4/h5-8,13,15H,9-12H2,1-4H3,(H,21,24). The molecule has 0 radical (unpaired) electrons. The molecule has 7 heteroatoms. The molecule has 2 rings (SSSR count). The minimum absolute atomic E-state index is 0.0492. The van der Waals surface area contributed by atoms with Crippen molar-refractivity contribution in [1.82, 2.24) is 10.2 Å². The average molecular weight is 399 g/mol. The number of thioether (sulfide) groups is 1. The number of benzene rings is 1. The molecule has 0 aromatic heterocycles. The smallest absolute Gasteiger partial charge is 0.407 e. The van der Waals surface area contributed by atoms with Crippen LogP contribution in [0, 0.1) is 0 Å². The molecule has 1 N–H and O–H groups in total. The van der Waals surface area contributed by atoms with Crippen LogP contribution < -0.4 is 5.32 Å². The molecule has 5 nitrogen and oxygen atoms in total. The molecule has 1 heterocycles. The monoisotopic (exact) mass is 398 g/mol. The minimum atomic E-state index is -0.505. The first-order chi connectivity index (χ1) is 12.1. The van der Waals surface area contributed by atoms with E-state index < -0.39 is 11.7 Å². The van der Waals surface area contributed by atoms with Crippen LogP contribution in [0.3, 0.4) is 0 Å². The lowest BCUT2D eigenvalue weighted by Gasteiger charge is -2.34. The molecule has 1 atom stereocenters. The van der Waals surface area contributed by atoms with E-state index in [1.54, 1.807) is 0 Å². The predicted molar refractivity (Wildman–Crippen MR) is 106 cm³/mol. The fourth-order valence-electron chi connectivity index (χ4n) is 2.74. The van der Waals surface area contributed by atoms with Crippen LogP contribution in [0.25, 0.3) is 0 Å². The zero-order valence-corrected chi connectivity index (χ0v) is 17.3. The highest BCUT2D eigenvalue weighted by atomic mass is 35.5. The highest BCUT2D eigenvalue weighted by Crippen LogP contribution is 2.26. The van der Waals surface area contributed by atoms with E-state index in [9.17, 15) is 9.59 Å². The third-order valence-corrected chi connectivity index (χ3v) is 5.35. The van der Waals surface area contributed by atoms with Crippen LogP contribution in [0.2, 0.25) is 5.02 Å². The highest BCUT2D eigenvalue weighted by Gasteiger charge is 2.28. The highest BCUT2D eigenvalue weighted by molar-refractivity contribution is 8.00. The van der Waals surface area contributed by atoms with Crippen LogP contribution in [-0.2, 0) is 9.53 Å². The molecule has 0 spiro atoms. The number of nitrogens with one attached hydrogen (secondary N) is 1. The maximum Gasteiger partial charge on any atom is 0.407 e. The molecule has 1 aromatic rings. The van der Waals surface area contributed by atoms with Gasteiger partial charge in [-0.15, -0.1) is 11.8 Å². The zero-order valence-electron chi connectivity index (χ0n) is 15.8. The predicted octanol–water partition coefficient (Wildman–Crippen LogP) is 4.34. The number of nitrogens with zero attached hydrogens (tertiary/aromatic N) is 1. The maximum atomic E-state index is 12.7. The van der Waals surface area contributed by atoms with Gasteiger partial charge in [-0.3, -0.25) is 4.79 Å². The Morgan fingerprint density at radius 3 is 2.35 bits per heavy atom. The van der Waals surface area contributed by atoms with E-state index in [2.05, 4.69) is 5.32 Å². The third kappa shape index (κ3) is 6.72. The Morgan fingerprint density at radius 2 is 1.81 bits per heavy atom. The van der Waals surface area contributed by atoms with Crippen molar-refractivity contribution < 1.29 is 14.3 Å². The SMILES string of the molecule is CC(Sc1ccc(Cl)cc1)C(=O)N1CCC(NC(=O)OC(C)(C)C)CC1. The Bertz CT molecular complexity index is 623. The summed E-state index contributed by atoms with van der Waals surface area (Å²) in [6.07, 6.45) is 1.08. The molecule has 2 amide bonds. The Hall–Kier alpha value is -1.40. The van der Waals surface area contributed by atoms with E-state index in [0.717, 1.165) is 17.7 Å². The van der Waals surface area contributed by atoms with Crippen molar-refractivity contribution in [3.05, 3.63) is 29.3 Å². The van der Waals surface area contributed by atoms with Gasteiger partial charge in [0, 0.05) is 29.0 Å². The maximum absolute atomic E-state index is 12.7. The second-order valence-corrected chi connectivity index (χ2v) is 9.31. The Morgan fingerprint density at radius 1 is 1.23 bits per heavy atom. The molecule has 1 aromatic carbocycles. The van der Waals surface area contributed by atoms with Crippen molar-refractivity contribution in [3.63, 3.8) is 0 Å². The van der Waals surface area contributed by atoms with Crippen LogP contribution in [0.15, 0.2) is 29.2 Å². The molecule has 1 aliphatic heterocycles. The van der Waals surface area contributed by atoms with E-state index in [-0.39, 0.29) is 17.2 Å². The number of carbonyl (C=O) groups excluding carboxylic acids is 2. The number of alkyl carbamates (subject to hydrolysis) is 1. The van der Waals surface area contributed by atoms with Gasteiger partial charge in [0.2, 0.25) is 5.91 Å². The van der Waals surface area contributed by atoms with Crippen molar-refractivity contribution in [2.24, 2.45) is 0 Å². The van der Waals surface area contributed by atoms with E-state index >= 15 is 0 Å². The molecule has 1 unspecified atom stereocenters. The largest absolute Gasteiger partial charge is 0.444 e. The second-order valence-electron chi connectivity index (χ2n) is 7.46. The van der Waals surface area contributed by atoms with Gasteiger partial charge in [0.1, 0.15) is 5.60 Å². The van der Waals surface area contributed by atoms with Gasteiger partial charge in [-0.2, -0.15) is 0 Å². The van der Waals surface area contributed by atoms with Crippen LogP contribution in [0.4, 0.5) is 4.79 Å². The summed E-state index contributed by atoms with van der Waals surface area (Å²) in [5.74, 6) is 0.126. The molecule has 1 fully saturated rings. The fourth-order valence-corrected chi connectivity index (χ4v) is 3.82. The summed E-state index contributed by atoms with van der Waals surface area (Å²) in [5.41, 5.74) is -0.505. The molecule has 0 aliphatic carbocycles. The van der Waals surface area contributed by atoms with Crippen molar-refractivity contribution in [3.8, 4) is 0 Å². The first kappa shape index (κ1) is 20.9. The molecule has 1 aliphatic rings. The summed E-state index contributed by atoms with van der Waals surface area (Å²) < 4.78 is 5.28. The molecule has 26 heavy (non-hydrogen) atoms. The summed E-state index contributed by atoms with van der Waals surface area (Å²) in [6.45, 7) is 8.73. The minimum Gasteiger partial charge on any atom is -0.444 e.